The number of carbonyl (C=O) groups is 1. The molecule has 0 N–H and O–H groups in total. The van der Waals surface area contributed by atoms with Crippen molar-refractivity contribution in [3.8, 4) is 11.4 Å². The molecule has 1 aliphatic carbocycles. The van der Waals surface area contributed by atoms with Crippen LogP contribution < -0.4 is 14.5 Å². The molecule has 5 rings (SSSR count). The van der Waals surface area contributed by atoms with Crippen LogP contribution in [-0.2, 0) is 0 Å². The van der Waals surface area contributed by atoms with Crippen LogP contribution in [0.25, 0.3) is 5.69 Å². The summed E-state index contributed by atoms with van der Waals surface area (Å²) in [6.45, 7) is 1.52. The Labute approximate surface area is 162 Å². The van der Waals surface area contributed by atoms with Crippen molar-refractivity contribution in [2.75, 3.05) is 30.0 Å². The highest BCUT2D eigenvalue weighted by molar-refractivity contribution is 6.08. The van der Waals surface area contributed by atoms with Gasteiger partial charge in [0.1, 0.15) is 17.8 Å². The summed E-state index contributed by atoms with van der Waals surface area (Å²) in [6.07, 6.45) is 3.95. The zero-order chi connectivity index (χ0) is 19.1. The lowest BCUT2D eigenvalue weighted by atomic mass is 10.1. The van der Waals surface area contributed by atoms with Gasteiger partial charge in [0.05, 0.1) is 18.5 Å². The third kappa shape index (κ3) is 2.77. The molecule has 2 aliphatic rings. The van der Waals surface area contributed by atoms with E-state index < -0.39 is 0 Å². The minimum atomic E-state index is -0.0418. The van der Waals surface area contributed by atoms with Gasteiger partial charge in [0.25, 0.3) is 5.91 Å². The maximum atomic E-state index is 13.4. The first-order valence-corrected chi connectivity index (χ1v) is 9.35. The second-order valence-corrected chi connectivity index (χ2v) is 7.01. The molecule has 0 bridgehead atoms. The summed E-state index contributed by atoms with van der Waals surface area (Å²) in [5.74, 6) is 0.558. The number of methoxy groups -OCH3 is 1. The van der Waals surface area contributed by atoms with Crippen LogP contribution >= 0.6 is 0 Å². The Kier molecular flexibility index (Phi) is 3.96. The number of nitrogens with zero attached hydrogens (tertiary/aromatic N) is 6. The first kappa shape index (κ1) is 16.7. The molecule has 1 fully saturated rings. The number of rotatable bonds is 4. The van der Waals surface area contributed by atoms with Gasteiger partial charge < -0.3 is 14.5 Å². The van der Waals surface area contributed by atoms with Gasteiger partial charge in [-0.3, -0.25) is 4.79 Å². The normalized spacial score (nSPS) is 16.0. The van der Waals surface area contributed by atoms with Gasteiger partial charge in [-0.25, -0.2) is 0 Å². The number of para-hydroxylation sites is 2. The smallest absolute Gasteiger partial charge is 0.258 e. The third-order valence-electron chi connectivity index (χ3n) is 5.30. The molecular formula is C20H20N6O2. The standard InChI is InChI=1S/C20H20N6O2/c1-28-19-9-6-14(12-18(19)26-13-21-22-23-26)20(27)25-11-10-24(15-7-8-15)16-4-2-3-5-17(16)25/h2-6,9,12-13,15H,7-8,10-11H2,1H3. The lowest BCUT2D eigenvalue weighted by Gasteiger charge is -2.38. The Bertz CT molecular complexity index is 1020. The molecule has 2 aromatic carbocycles. The minimum absolute atomic E-state index is 0.0418. The van der Waals surface area contributed by atoms with Crippen LogP contribution in [0.15, 0.2) is 48.8 Å². The summed E-state index contributed by atoms with van der Waals surface area (Å²) in [5, 5.41) is 11.3. The monoisotopic (exact) mass is 376 g/mol. The van der Waals surface area contributed by atoms with Gasteiger partial charge in [-0.2, -0.15) is 4.68 Å². The molecule has 1 aromatic heterocycles. The molecule has 0 atom stereocenters. The van der Waals surface area contributed by atoms with Gasteiger partial charge in [-0.15, -0.1) is 5.10 Å². The second kappa shape index (κ2) is 6.63. The number of hydrogen-bond acceptors (Lipinski definition) is 6. The van der Waals surface area contributed by atoms with Crippen LogP contribution in [-0.4, -0.2) is 52.4 Å². The van der Waals surface area contributed by atoms with Crippen molar-refractivity contribution in [3.63, 3.8) is 0 Å². The second-order valence-electron chi connectivity index (χ2n) is 7.01. The maximum absolute atomic E-state index is 13.4. The molecule has 28 heavy (non-hydrogen) atoms. The Morgan fingerprint density at radius 1 is 1.07 bits per heavy atom. The van der Waals surface area contributed by atoms with Crippen LogP contribution in [0.5, 0.6) is 5.75 Å². The highest BCUT2D eigenvalue weighted by Crippen LogP contribution is 2.40. The Hall–Kier alpha value is -3.42. The summed E-state index contributed by atoms with van der Waals surface area (Å²) in [6, 6.07) is 14.1. The van der Waals surface area contributed by atoms with E-state index in [9.17, 15) is 4.79 Å². The molecule has 0 radical (unpaired) electrons. The van der Waals surface area contributed by atoms with Crippen molar-refractivity contribution in [2.24, 2.45) is 0 Å². The van der Waals surface area contributed by atoms with E-state index in [-0.39, 0.29) is 5.91 Å². The van der Waals surface area contributed by atoms with E-state index in [4.69, 9.17) is 4.74 Å². The minimum Gasteiger partial charge on any atom is -0.494 e. The molecule has 8 nitrogen and oxygen atoms in total. The highest BCUT2D eigenvalue weighted by Gasteiger charge is 2.35. The number of carbonyl (C=O) groups excluding carboxylic acids is 1. The molecule has 0 unspecified atom stereocenters. The Morgan fingerprint density at radius 2 is 1.89 bits per heavy atom. The number of fused-ring (bicyclic) bond motifs is 1. The summed E-state index contributed by atoms with van der Waals surface area (Å²) < 4.78 is 6.90. The molecule has 142 valence electrons. The van der Waals surface area contributed by atoms with E-state index in [1.165, 1.54) is 23.9 Å². The first-order valence-electron chi connectivity index (χ1n) is 9.35. The van der Waals surface area contributed by atoms with E-state index in [0.717, 1.165) is 17.9 Å². The van der Waals surface area contributed by atoms with E-state index >= 15 is 0 Å². The molecule has 2 heterocycles. The van der Waals surface area contributed by atoms with E-state index in [0.29, 0.717) is 29.6 Å². The van der Waals surface area contributed by atoms with Crippen molar-refractivity contribution in [3.05, 3.63) is 54.4 Å². The van der Waals surface area contributed by atoms with E-state index in [1.54, 1.807) is 25.3 Å². The number of ether oxygens (including phenoxy) is 1. The fourth-order valence-corrected chi connectivity index (χ4v) is 3.79. The predicted octanol–water partition coefficient (Wildman–Crippen LogP) is 2.30. The van der Waals surface area contributed by atoms with Crippen LogP contribution in [0.3, 0.4) is 0 Å². The van der Waals surface area contributed by atoms with E-state index in [2.05, 4.69) is 26.5 Å². The van der Waals surface area contributed by atoms with Crippen molar-refractivity contribution in [1.82, 2.24) is 20.2 Å². The largest absolute Gasteiger partial charge is 0.494 e. The Morgan fingerprint density at radius 3 is 2.61 bits per heavy atom. The molecule has 3 aromatic rings. The molecule has 1 saturated carbocycles. The van der Waals surface area contributed by atoms with Gasteiger partial charge in [-0.05, 0) is 53.6 Å². The Balaban J connectivity index is 1.51. The number of hydrogen-bond donors (Lipinski definition) is 0. The van der Waals surface area contributed by atoms with E-state index in [1.807, 2.05) is 23.1 Å². The first-order chi connectivity index (χ1) is 13.8. The molecular weight excluding hydrogens is 356 g/mol. The van der Waals surface area contributed by atoms with Crippen molar-refractivity contribution < 1.29 is 9.53 Å². The van der Waals surface area contributed by atoms with Gasteiger partial charge in [-0.1, -0.05) is 12.1 Å². The SMILES string of the molecule is COc1ccc(C(=O)N2CCN(C3CC3)c3ccccc32)cc1-n1cnnn1. The maximum Gasteiger partial charge on any atom is 0.258 e. The average molecular weight is 376 g/mol. The topological polar surface area (TPSA) is 76.4 Å². The number of benzene rings is 2. The molecule has 1 amide bonds. The van der Waals surface area contributed by atoms with Crippen LogP contribution in [0.1, 0.15) is 23.2 Å². The highest BCUT2D eigenvalue weighted by atomic mass is 16.5. The number of aromatic nitrogens is 4. The molecule has 1 aliphatic heterocycles. The van der Waals surface area contributed by atoms with Crippen LogP contribution in [0.4, 0.5) is 11.4 Å². The molecule has 0 saturated heterocycles. The number of tetrazole rings is 1. The fourth-order valence-electron chi connectivity index (χ4n) is 3.79. The molecule has 8 heteroatoms. The quantitative estimate of drug-likeness (QED) is 0.695. The lowest BCUT2D eigenvalue weighted by Crippen LogP contribution is -2.45. The number of anilines is 2. The molecule has 0 spiro atoms. The van der Waals surface area contributed by atoms with Gasteiger partial charge in [0.15, 0.2) is 0 Å². The van der Waals surface area contributed by atoms with Gasteiger partial charge in [0.2, 0.25) is 0 Å². The van der Waals surface area contributed by atoms with Crippen molar-refractivity contribution in [2.45, 2.75) is 18.9 Å². The zero-order valence-corrected chi connectivity index (χ0v) is 15.5. The van der Waals surface area contributed by atoms with Crippen molar-refractivity contribution >= 4 is 17.3 Å². The van der Waals surface area contributed by atoms with Gasteiger partial charge in [0, 0.05) is 24.7 Å². The summed E-state index contributed by atoms with van der Waals surface area (Å²) in [7, 11) is 1.58. The summed E-state index contributed by atoms with van der Waals surface area (Å²) >= 11 is 0. The fraction of sp³-hybridized carbons (Fsp3) is 0.300. The summed E-state index contributed by atoms with van der Waals surface area (Å²) in [5.41, 5.74) is 3.30. The van der Waals surface area contributed by atoms with Gasteiger partial charge >= 0.3 is 0 Å². The predicted molar refractivity (Wildman–Crippen MR) is 104 cm³/mol. The van der Waals surface area contributed by atoms with Crippen molar-refractivity contribution in [1.29, 1.82) is 0 Å². The van der Waals surface area contributed by atoms with Crippen LogP contribution in [0, 0.1) is 0 Å². The lowest BCUT2D eigenvalue weighted by molar-refractivity contribution is 0.0986. The summed E-state index contributed by atoms with van der Waals surface area (Å²) in [4.78, 5) is 17.7. The zero-order valence-electron chi connectivity index (χ0n) is 15.5. The number of amides is 1. The third-order valence-corrected chi connectivity index (χ3v) is 5.30. The van der Waals surface area contributed by atoms with Crippen LogP contribution in [0.2, 0.25) is 0 Å². The average Bonchev–Trinajstić information content (AvgIpc) is 3.45.